The fourth-order valence-electron chi connectivity index (χ4n) is 8.22. The summed E-state index contributed by atoms with van der Waals surface area (Å²) in [6.45, 7) is 0. The van der Waals surface area contributed by atoms with Crippen LogP contribution in [0.4, 0.5) is 0 Å². The van der Waals surface area contributed by atoms with Crippen molar-refractivity contribution in [2.75, 3.05) is 0 Å². The van der Waals surface area contributed by atoms with Crippen molar-refractivity contribution in [1.29, 1.82) is 0 Å². The molecule has 53 heavy (non-hydrogen) atoms. The summed E-state index contributed by atoms with van der Waals surface area (Å²) in [6, 6.07) is 60.5. The van der Waals surface area contributed by atoms with Gasteiger partial charge in [-0.2, -0.15) is 0 Å². The van der Waals surface area contributed by atoms with Crippen molar-refractivity contribution >= 4 is 32.6 Å². The summed E-state index contributed by atoms with van der Waals surface area (Å²) in [5.74, 6) is 0.708. The SMILES string of the molecule is c1cncc(-c2ccc(-c3cc(-c4ccc(-n5c6ccccc6c6ccccc65)cc4)nc(-c4ccc5c6c(cccc46)-c4ccccc4-5)n3)cc2)c1. The van der Waals surface area contributed by atoms with E-state index in [0.717, 1.165) is 50.3 Å². The van der Waals surface area contributed by atoms with E-state index >= 15 is 0 Å². The maximum Gasteiger partial charge on any atom is 0.161 e. The third-order valence-electron chi connectivity index (χ3n) is 10.7. The minimum absolute atomic E-state index is 0.708. The molecule has 0 bridgehead atoms. The Labute approximate surface area is 306 Å². The number of hydrogen-bond acceptors (Lipinski definition) is 3. The maximum absolute atomic E-state index is 5.31. The Balaban J connectivity index is 1.07. The molecule has 4 nitrogen and oxygen atoms in total. The Morgan fingerprint density at radius 1 is 0.377 bits per heavy atom. The van der Waals surface area contributed by atoms with Gasteiger partial charge in [0, 0.05) is 45.5 Å². The molecule has 0 amide bonds. The van der Waals surface area contributed by atoms with Crippen LogP contribution in [0.15, 0.2) is 182 Å². The van der Waals surface area contributed by atoms with Crippen molar-refractivity contribution in [2.24, 2.45) is 0 Å². The molecular weight excluding hydrogens is 645 g/mol. The molecule has 0 saturated heterocycles. The molecule has 0 unspecified atom stereocenters. The molecule has 0 N–H and O–H groups in total. The summed E-state index contributed by atoms with van der Waals surface area (Å²) < 4.78 is 2.35. The van der Waals surface area contributed by atoms with E-state index in [1.165, 1.54) is 49.4 Å². The van der Waals surface area contributed by atoms with Gasteiger partial charge in [0.05, 0.1) is 22.4 Å². The van der Waals surface area contributed by atoms with Crippen molar-refractivity contribution in [3.63, 3.8) is 0 Å². The number of pyridine rings is 1. The first-order valence-corrected chi connectivity index (χ1v) is 17.9. The number of benzene rings is 7. The van der Waals surface area contributed by atoms with E-state index in [1.807, 2.05) is 12.3 Å². The first-order valence-electron chi connectivity index (χ1n) is 17.9. The predicted octanol–water partition coefficient (Wildman–Crippen LogP) is 12.4. The van der Waals surface area contributed by atoms with Crippen LogP contribution in [-0.4, -0.2) is 19.5 Å². The van der Waals surface area contributed by atoms with E-state index in [0.29, 0.717) is 5.82 Å². The molecule has 0 atom stereocenters. The summed E-state index contributed by atoms with van der Waals surface area (Å²) in [6.07, 6.45) is 3.70. The van der Waals surface area contributed by atoms with Crippen molar-refractivity contribution in [2.45, 2.75) is 0 Å². The number of nitrogens with zero attached hydrogens (tertiary/aromatic N) is 4. The highest BCUT2D eigenvalue weighted by molar-refractivity contribution is 6.18. The lowest BCUT2D eigenvalue weighted by molar-refractivity contribution is 1.17. The molecule has 246 valence electrons. The minimum Gasteiger partial charge on any atom is -0.309 e. The van der Waals surface area contributed by atoms with Crippen LogP contribution >= 0.6 is 0 Å². The number of rotatable bonds is 5. The molecule has 7 aromatic carbocycles. The number of aromatic nitrogens is 4. The van der Waals surface area contributed by atoms with E-state index in [4.69, 9.17) is 9.97 Å². The highest BCUT2D eigenvalue weighted by Crippen LogP contribution is 2.49. The molecule has 3 heterocycles. The normalized spacial score (nSPS) is 11.8. The molecule has 4 heteroatoms. The van der Waals surface area contributed by atoms with Gasteiger partial charge >= 0.3 is 0 Å². The van der Waals surface area contributed by atoms with Crippen molar-refractivity contribution in [3.8, 4) is 73.0 Å². The van der Waals surface area contributed by atoms with Gasteiger partial charge in [-0.25, -0.2) is 9.97 Å². The van der Waals surface area contributed by atoms with E-state index < -0.39 is 0 Å². The van der Waals surface area contributed by atoms with E-state index in [1.54, 1.807) is 6.20 Å². The van der Waals surface area contributed by atoms with Gasteiger partial charge in [0.25, 0.3) is 0 Å². The Bertz CT molecular complexity index is 2950. The molecule has 0 fully saturated rings. The smallest absolute Gasteiger partial charge is 0.161 e. The zero-order chi connectivity index (χ0) is 34.9. The van der Waals surface area contributed by atoms with Crippen molar-refractivity contribution in [1.82, 2.24) is 19.5 Å². The zero-order valence-electron chi connectivity index (χ0n) is 28.6. The van der Waals surface area contributed by atoms with Gasteiger partial charge in [0.2, 0.25) is 0 Å². The Kier molecular flexibility index (Phi) is 6.52. The predicted molar refractivity (Wildman–Crippen MR) is 218 cm³/mol. The van der Waals surface area contributed by atoms with Gasteiger partial charge in [-0.3, -0.25) is 4.98 Å². The van der Waals surface area contributed by atoms with Crippen LogP contribution in [0.2, 0.25) is 0 Å². The first-order chi connectivity index (χ1) is 26.3. The van der Waals surface area contributed by atoms with Crippen LogP contribution in [0.1, 0.15) is 0 Å². The molecule has 0 radical (unpaired) electrons. The van der Waals surface area contributed by atoms with E-state index in [2.05, 4.69) is 173 Å². The average Bonchev–Trinajstić information content (AvgIpc) is 3.75. The lowest BCUT2D eigenvalue weighted by Gasteiger charge is -2.13. The highest BCUT2D eigenvalue weighted by Gasteiger charge is 2.23. The van der Waals surface area contributed by atoms with Gasteiger partial charge in [0.15, 0.2) is 5.82 Å². The summed E-state index contributed by atoms with van der Waals surface area (Å²) in [4.78, 5) is 14.9. The van der Waals surface area contributed by atoms with Crippen LogP contribution in [0.5, 0.6) is 0 Å². The highest BCUT2D eigenvalue weighted by atomic mass is 15.0. The lowest BCUT2D eigenvalue weighted by atomic mass is 9.97. The minimum atomic E-state index is 0.708. The standard InChI is InChI=1S/C49H30N4/c1-2-11-37-36(10-1)40-14-7-15-41-43(27-26-42(37)48(40)41)49-51-44(32-20-18-31(19-21-32)34-9-8-28-50-30-34)29-45(52-49)33-22-24-35(25-23-33)53-46-16-5-3-12-38(46)39-13-4-6-17-47(39)53/h1-30H. The Morgan fingerprint density at radius 3 is 1.58 bits per heavy atom. The molecule has 10 aromatic rings. The summed E-state index contributed by atoms with van der Waals surface area (Å²) in [5.41, 5.74) is 15.6. The summed E-state index contributed by atoms with van der Waals surface area (Å²) >= 11 is 0. The van der Waals surface area contributed by atoms with Crippen molar-refractivity contribution < 1.29 is 0 Å². The van der Waals surface area contributed by atoms with Crippen LogP contribution in [0, 0.1) is 0 Å². The van der Waals surface area contributed by atoms with Crippen molar-refractivity contribution in [3.05, 3.63) is 182 Å². The molecule has 3 aromatic heterocycles. The second-order valence-corrected chi connectivity index (χ2v) is 13.6. The largest absolute Gasteiger partial charge is 0.309 e. The van der Waals surface area contributed by atoms with Gasteiger partial charge < -0.3 is 4.57 Å². The fourth-order valence-corrected chi connectivity index (χ4v) is 8.22. The van der Waals surface area contributed by atoms with Crippen LogP contribution < -0.4 is 0 Å². The second-order valence-electron chi connectivity index (χ2n) is 13.6. The monoisotopic (exact) mass is 674 g/mol. The molecule has 11 rings (SSSR count). The molecule has 0 aliphatic heterocycles. The van der Waals surface area contributed by atoms with Gasteiger partial charge in [-0.05, 0) is 86.6 Å². The number of fused-ring (bicyclic) bond motifs is 6. The molecule has 0 spiro atoms. The number of hydrogen-bond donors (Lipinski definition) is 0. The first kappa shape index (κ1) is 29.5. The van der Waals surface area contributed by atoms with E-state index in [-0.39, 0.29) is 0 Å². The van der Waals surface area contributed by atoms with Crippen LogP contribution in [0.25, 0.3) is 106 Å². The Morgan fingerprint density at radius 2 is 0.925 bits per heavy atom. The molecule has 1 aliphatic rings. The summed E-state index contributed by atoms with van der Waals surface area (Å²) in [5, 5.41) is 4.92. The Hall–Kier alpha value is -7.17. The third kappa shape index (κ3) is 4.66. The third-order valence-corrected chi connectivity index (χ3v) is 10.7. The summed E-state index contributed by atoms with van der Waals surface area (Å²) in [7, 11) is 0. The van der Waals surface area contributed by atoms with Gasteiger partial charge in [-0.15, -0.1) is 0 Å². The van der Waals surface area contributed by atoms with Crippen LogP contribution in [-0.2, 0) is 0 Å². The fraction of sp³-hybridized carbons (Fsp3) is 0. The van der Waals surface area contributed by atoms with Gasteiger partial charge in [-0.1, -0.05) is 127 Å². The second kappa shape index (κ2) is 11.7. The molecule has 0 saturated carbocycles. The quantitative estimate of drug-likeness (QED) is 0.182. The maximum atomic E-state index is 5.31. The van der Waals surface area contributed by atoms with Crippen LogP contribution in [0.3, 0.4) is 0 Å². The lowest BCUT2D eigenvalue weighted by Crippen LogP contribution is -1.98. The van der Waals surface area contributed by atoms with Gasteiger partial charge in [0.1, 0.15) is 0 Å². The molecular formula is C49H30N4. The van der Waals surface area contributed by atoms with E-state index in [9.17, 15) is 0 Å². The zero-order valence-corrected chi connectivity index (χ0v) is 28.6. The topological polar surface area (TPSA) is 43.6 Å². The molecule has 1 aliphatic carbocycles. The number of para-hydroxylation sites is 2. The average molecular weight is 675 g/mol.